The standard InChI is InChI=1S/C13H14ClFN4O2/c1-3-6-18-13(12(19(20)21)8(2)17-18)16-9-4-5-11(15)10(14)7-9/h4-5,7,16H,3,6H2,1-2H3. The van der Waals surface area contributed by atoms with Crippen LogP contribution in [-0.4, -0.2) is 14.7 Å². The van der Waals surface area contributed by atoms with Gasteiger partial charge in [0, 0.05) is 12.2 Å². The summed E-state index contributed by atoms with van der Waals surface area (Å²) in [6.45, 7) is 4.06. The van der Waals surface area contributed by atoms with Crippen LogP contribution in [0.25, 0.3) is 0 Å². The monoisotopic (exact) mass is 312 g/mol. The minimum absolute atomic E-state index is 0.0547. The molecule has 1 N–H and O–H groups in total. The fourth-order valence-corrected chi connectivity index (χ4v) is 2.18. The average molecular weight is 313 g/mol. The van der Waals surface area contributed by atoms with E-state index in [0.29, 0.717) is 17.9 Å². The second-order valence-corrected chi connectivity index (χ2v) is 4.92. The normalized spacial score (nSPS) is 10.7. The van der Waals surface area contributed by atoms with Crippen molar-refractivity contribution in [3.8, 4) is 0 Å². The van der Waals surface area contributed by atoms with Crippen LogP contribution in [0.4, 0.5) is 21.6 Å². The lowest BCUT2D eigenvalue weighted by molar-refractivity contribution is -0.384. The van der Waals surface area contributed by atoms with Gasteiger partial charge in [0.05, 0.1) is 9.95 Å². The fraction of sp³-hybridized carbons (Fsp3) is 0.308. The van der Waals surface area contributed by atoms with Crippen LogP contribution in [0, 0.1) is 22.9 Å². The number of nitro groups is 1. The molecule has 0 amide bonds. The van der Waals surface area contributed by atoms with Crippen molar-refractivity contribution in [1.29, 1.82) is 0 Å². The highest BCUT2D eigenvalue weighted by Crippen LogP contribution is 2.32. The van der Waals surface area contributed by atoms with Gasteiger partial charge in [-0.25, -0.2) is 9.07 Å². The summed E-state index contributed by atoms with van der Waals surface area (Å²) in [6, 6.07) is 4.03. The molecule has 0 aliphatic carbocycles. The zero-order valence-corrected chi connectivity index (χ0v) is 12.3. The zero-order chi connectivity index (χ0) is 15.6. The van der Waals surface area contributed by atoms with Crippen LogP contribution in [0.3, 0.4) is 0 Å². The van der Waals surface area contributed by atoms with Crippen LogP contribution >= 0.6 is 11.6 Å². The Kier molecular flexibility index (Phi) is 4.42. The van der Waals surface area contributed by atoms with E-state index in [9.17, 15) is 14.5 Å². The number of benzene rings is 1. The maximum atomic E-state index is 13.2. The first-order chi connectivity index (χ1) is 9.93. The second-order valence-electron chi connectivity index (χ2n) is 4.52. The lowest BCUT2D eigenvalue weighted by atomic mass is 10.3. The van der Waals surface area contributed by atoms with Crippen LogP contribution in [0.15, 0.2) is 18.2 Å². The van der Waals surface area contributed by atoms with Gasteiger partial charge in [-0.15, -0.1) is 0 Å². The minimum Gasteiger partial charge on any atom is -0.335 e. The molecule has 21 heavy (non-hydrogen) atoms. The number of hydrogen-bond donors (Lipinski definition) is 1. The van der Waals surface area contributed by atoms with Crippen molar-refractivity contribution in [2.45, 2.75) is 26.8 Å². The molecule has 112 valence electrons. The summed E-state index contributed by atoms with van der Waals surface area (Å²) in [5, 5.41) is 18.2. The van der Waals surface area contributed by atoms with Crippen LogP contribution in [0.5, 0.6) is 0 Å². The van der Waals surface area contributed by atoms with Crippen molar-refractivity contribution >= 4 is 28.8 Å². The molecule has 0 atom stereocenters. The summed E-state index contributed by atoms with van der Waals surface area (Å²) < 4.78 is 14.7. The van der Waals surface area contributed by atoms with Crippen LogP contribution < -0.4 is 5.32 Å². The summed E-state index contributed by atoms with van der Waals surface area (Å²) in [4.78, 5) is 10.7. The lowest BCUT2D eigenvalue weighted by Crippen LogP contribution is -2.05. The summed E-state index contributed by atoms with van der Waals surface area (Å²) in [7, 11) is 0. The van der Waals surface area contributed by atoms with Crippen molar-refractivity contribution < 1.29 is 9.31 Å². The van der Waals surface area contributed by atoms with E-state index in [1.807, 2.05) is 6.92 Å². The molecule has 0 aliphatic heterocycles. The van der Waals surface area contributed by atoms with Crippen molar-refractivity contribution in [2.24, 2.45) is 0 Å². The first-order valence-corrected chi connectivity index (χ1v) is 6.75. The van der Waals surface area contributed by atoms with Gasteiger partial charge in [-0.2, -0.15) is 5.10 Å². The Hall–Kier alpha value is -2.15. The summed E-state index contributed by atoms with van der Waals surface area (Å²) in [5.74, 6) is -0.281. The van der Waals surface area contributed by atoms with Crippen molar-refractivity contribution in [2.75, 3.05) is 5.32 Å². The van der Waals surface area contributed by atoms with E-state index >= 15 is 0 Å². The molecular weight excluding hydrogens is 299 g/mol. The molecule has 0 fully saturated rings. The van der Waals surface area contributed by atoms with E-state index in [2.05, 4.69) is 10.4 Å². The highest BCUT2D eigenvalue weighted by Gasteiger charge is 2.25. The summed E-state index contributed by atoms with van der Waals surface area (Å²) in [5.41, 5.74) is 0.690. The fourth-order valence-electron chi connectivity index (χ4n) is 2.00. The van der Waals surface area contributed by atoms with Gasteiger partial charge in [-0.3, -0.25) is 10.1 Å². The smallest absolute Gasteiger partial charge is 0.334 e. The molecule has 0 saturated heterocycles. The van der Waals surface area contributed by atoms with Gasteiger partial charge in [0.2, 0.25) is 5.82 Å². The Balaban J connectivity index is 2.45. The average Bonchev–Trinajstić information content (AvgIpc) is 2.70. The molecule has 0 spiro atoms. The molecule has 8 heteroatoms. The van der Waals surface area contributed by atoms with Gasteiger partial charge in [0.1, 0.15) is 11.5 Å². The highest BCUT2D eigenvalue weighted by atomic mass is 35.5. The Morgan fingerprint density at radius 3 is 2.81 bits per heavy atom. The summed E-state index contributed by atoms with van der Waals surface area (Å²) in [6.07, 6.45) is 0.775. The molecule has 0 saturated carbocycles. The molecular formula is C13H14ClFN4O2. The molecule has 2 aromatic rings. The maximum absolute atomic E-state index is 13.2. The number of aryl methyl sites for hydroxylation is 2. The minimum atomic E-state index is -0.546. The van der Waals surface area contributed by atoms with Crippen LogP contribution in [0.2, 0.25) is 5.02 Å². The first-order valence-electron chi connectivity index (χ1n) is 6.38. The number of nitrogens with one attached hydrogen (secondary N) is 1. The third-order valence-corrected chi connectivity index (χ3v) is 3.19. The van der Waals surface area contributed by atoms with Crippen molar-refractivity contribution in [1.82, 2.24) is 9.78 Å². The SMILES string of the molecule is CCCn1nc(C)c([N+](=O)[O-])c1Nc1ccc(F)c(Cl)c1. The van der Waals surface area contributed by atoms with E-state index in [4.69, 9.17) is 11.6 Å². The van der Waals surface area contributed by atoms with E-state index in [1.54, 1.807) is 6.92 Å². The Morgan fingerprint density at radius 1 is 1.52 bits per heavy atom. The van der Waals surface area contributed by atoms with Gasteiger partial charge in [-0.05, 0) is 31.5 Å². The van der Waals surface area contributed by atoms with Crippen molar-refractivity contribution in [3.63, 3.8) is 0 Å². The van der Waals surface area contributed by atoms with Crippen LogP contribution in [0.1, 0.15) is 19.0 Å². The van der Waals surface area contributed by atoms with E-state index in [0.717, 1.165) is 6.42 Å². The lowest BCUT2D eigenvalue weighted by Gasteiger charge is -2.09. The molecule has 1 aromatic carbocycles. The van der Waals surface area contributed by atoms with Gasteiger partial charge in [0.25, 0.3) is 0 Å². The zero-order valence-electron chi connectivity index (χ0n) is 11.6. The van der Waals surface area contributed by atoms with Gasteiger partial charge < -0.3 is 5.32 Å². The quantitative estimate of drug-likeness (QED) is 0.668. The molecule has 1 heterocycles. The van der Waals surface area contributed by atoms with Gasteiger partial charge in [0.15, 0.2) is 0 Å². The highest BCUT2D eigenvalue weighted by molar-refractivity contribution is 6.31. The predicted molar refractivity (Wildman–Crippen MR) is 78.6 cm³/mol. The third-order valence-electron chi connectivity index (χ3n) is 2.90. The topological polar surface area (TPSA) is 73.0 Å². The molecule has 0 radical (unpaired) electrons. The Morgan fingerprint density at radius 2 is 2.24 bits per heavy atom. The number of rotatable bonds is 5. The molecule has 0 aliphatic rings. The second kappa shape index (κ2) is 6.09. The Labute approximate surface area is 125 Å². The van der Waals surface area contributed by atoms with Gasteiger partial charge in [-0.1, -0.05) is 18.5 Å². The van der Waals surface area contributed by atoms with E-state index in [1.165, 1.54) is 22.9 Å². The third kappa shape index (κ3) is 3.13. The number of aromatic nitrogens is 2. The number of nitrogens with zero attached hydrogens (tertiary/aromatic N) is 3. The number of hydrogen-bond acceptors (Lipinski definition) is 4. The first kappa shape index (κ1) is 15.2. The molecule has 0 bridgehead atoms. The molecule has 0 unspecified atom stereocenters. The Bertz CT molecular complexity index is 687. The molecule has 1 aromatic heterocycles. The van der Waals surface area contributed by atoms with Crippen LogP contribution in [-0.2, 0) is 6.54 Å². The predicted octanol–water partition coefficient (Wildman–Crippen LogP) is 4.05. The molecule has 2 rings (SSSR count). The maximum Gasteiger partial charge on any atom is 0.334 e. The van der Waals surface area contributed by atoms with E-state index in [-0.39, 0.29) is 16.5 Å². The van der Waals surface area contributed by atoms with Gasteiger partial charge >= 0.3 is 5.69 Å². The number of halogens is 2. The number of anilines is 2. The largest absolute Gasteiger partial charge is 0.335 e. The van der Waals surface area contributed by atoms with Crippen molar-refractivity contribution in [3.05, 3.63) is 44.8 Å². The summed E-state index contributed by atoms with van der Waals surface area (Å²) >= 11 is 5.72. The molecule has 6 nitrogen and oxygen atoms in total. The van der Waals surface area contributed by atoms with E-state index < -0.39 is 10.7 Å².